The van der Waals surface area contributed by atoms with E-state index in [0.29, 0.717) is 11.5 Å². The summed E-state index contributed by atoms with van der Waals surface area (Å²) in [4.78, 5) is 20.2. The summed E-state index contributed by atoms with van der Waals surface area (Å²) in [5.74, 6) is -0.0909. The van der Waals surface area contributed by atoms with Gasteiger partial charge in [0.15, 0.2) is 5.82 Å². The van der Waals surface area contributed by atoms with Gasteiger partial charge in [-0.25, -0.2) is 0 Å². The number of nitrogens with zero attached hydrogens (tertiary/aromatic N) is 3. The van der Waals surface area contributed by atoms with Crippen LogP contribution in [0.25, 0.3) is 22.0 Å². The Morgan fingerprint density at radius 1 is 1.08 bits per heavy atom. The van der Waals surface area contributed by atoms with Gasteiger partial charge in [-0.3, -0.25) is 14.8 Å². The summed E-state index contributed by atoms with van der Waals surface area (Å²) in [6.45, 7) is 0. The lowest BCUT2D eigenvalue weighted by molar-refractivity contribution is 0.100. The molecule has 0 unspecified atom stereocenters. The van der Waals surface area contributed by atoms with Crippen LogP contribution in [0.2, 0.25) is 0 Å². The van der Waals surface area contributed by atoms with Gasteiger partial charge in [0.25, 0.3) is 5.91 Å². The van der Waals surface area contributed by atoms with E-state index in [2.05, 4.69) is 20.4 Å². The molecule has 0 fully saturated rings. The summed E-state index contributed by atoms with van der Waals surface area (Å²) in [7, 11) is 0. The zero-order valence-corrected chi connectivity index (χ0v) is 13.0. The lowest BCUT2D eigenvalue weighted by Gasteiger charge is -2.12. The normalized spacial score (nSPS) is 10.7. The fourth-order valence-corrected chi connectivity index (χ4v) is 2.64. The Kier molecular flexibility index (Phi) is 3.59. The SMILES string of the molecule is NC(=O)c1cnc2cc(-c3ccncc3)ccc2c1Nc1ccon1. The molecule has 4 rings (SSSR count). The molecule has 0 aliphatic carbocycles. The Hall–Kier alpha value is -3.74. The summed E-state index contributed by atoms with van der Waals surface area (Å²) >= 11 is 0. The minimum Gasteiger partial charge on any atom is -0.365 e. The third kappa shape index (κ3) is 2.78. The molecule has 0 saturated carbocycles. The van der Waals surface area contributed by atoms with Gasteiger partial charge in [0.2, 0.25) is 0 Å². The van der Waals surface area contributed by atoms with Crippen molar-refractivity contribution in [2.45, 2.75) is 0 Å². The quantitative estimate of drug-likeness (QED) is 0.595. The number of primary amides is 1. The zero-order valence-electron chi connectivity index (χ0n) is 13.0. The Labute approximate surface area is 142 Å². The van der Waals surface area contributed by atoms with E-state index in [0.717, 1.165) is 22.0 Å². The number of fused-ring (bicyclic) bond motifs is 1. The van der Waals surface area contributed by atoms with E-state index in [1.165, 1.54) is 12.5 Å². The highest BCUT2D eigenvalue weighted by Crippen LogP contribution is 2.31. The third-order valence-corrected chi connectivity index (χ3v) is 3.84. The number of nitrogens with two attached hydrogens (primary N) is 1. The van der Waals surface area contributed by atoms with Crippen LogP contribution in [0.5, 0.6) is 0 Å². The molecule has 3 heterocycles. The van der Waals surface area contributed by atoms with Crippen LogP contribution in [0.15, 0.2) is 65.8 Å². The fraction of sp³-hybridized carbons (Fsp3) is 0. The van der Waals surface area contributed by atoms with Crippen LogP contribution in [-0.2, 0) is 0 Å². The number of aromatic nitrogens is 3. The molecule has 0 aliphatic heterocycles. The molecule has 7 nitrogen and oxygen atoms in total. The summed E-state index contributed by atoms with van der Waals surface area (Å²) in [5, 5.41) is 7.66. The standard InChI is InChI=1S/C18H13N5O2/c19-18(24)14-10-21-15-9-12(11-3-6-20-7-4-11)1-2-13(15)17(14)22-16-5-8-25-23-16/h1-10H,(H2,19,24)(H,21,22,23). The predicted octanol–water partition coefficient (Wildman–Crippen LogP) is 3.13. The number of carbonyl (C=O) groups is 1. The lowest BCUT2D eigenvalue weighted by Crippen LogP contribution is -2.14. The highest BCUT2D eigenvalue weighted by atomic mass is 16.5. The van der Waals surface area contributed by atoms with Gasteiger partial charge < -0.3 is 15.6 Å². The van der Waals surface area contributed by atoms with Crippen molar-refractivity contribution in [3.63, 3.8) is 0 Å². The van der Waals surface area contributed by atoms with E-state index in [4.69, 9.17) is 10.3 Å². The van der Waals surface area contributed by atoms with Crippen molar-refractivity contribution in [1.82, 2.24) is 15.1 Å². The van der Waals surface area contributed by atoms with E-state index in [1.807, 2.05) is 30.3 Å². The molecular weight excluding hydrogens is 318 g/mol. The monoisotopic (exact) mass is 331 g/mol. The van der Waals surface area contributed by atoms with Gasteiger partial charge in [0.05, 0.1) is 16.8 Å². The zero-order chi connectivity index (χ0) is 17.2. The van der Waals surface area contributed by atoms with Gasteiger partial charge in [-0.05, 0) is 29.3 Å². The van der Waals surface area contributed by atoms with Gasteiger partial charge in [-0.2, -0.15) is 0 Å². The van der Waals surface area contributed by atoms with Gasteiger partial charge in [0.1, 0.15) is 6.26 Å². The maximum atomic E-state index is 11.8. The van der Waals surface area contributed by atoms with Crippen LogP contribution in [-0.4, -0.2) is 21.0 Å². The van der Waals surface area contributed by atoms with Gasteiger partial charge in [-0.1, -0.05) is 17.3 Å². The number of anilines is 2. The number of amides is 1. The Morgan fingerprint density at radius 3 is 2.64 bits per heavy atom. The Bertz CT molecular complexity index is 1050. The second-order valence-electron chi connectivity index (χ2n) is 5.39. The van der Waals surface area contributed by atoms with Crippen molar-refractivity contribution in [3.05, 3.63) is 66.8 Å². The van der Waals surface area contributed by atoms with Crippen LogP contribution in [0.4, 0.5) is 11.5 Å². The molecule has 0 spiro atoms. The van der Waals surface area contributed by atoms with Crippen molar-refractivity contribution < 1.29 is 9.32 Å². The second-order valence-corrected chi connectivity index (χ2v) is 5.39. The summed E-state index contributed by atoms with van der Waals surface area (Å²) in [5.41, 5.74) is 9.08. The number of carbonyl (C=O) groups excluding carboxylic acids is 1. The Morgan fingerprint density at radius 2 is 1.92 bits per heavy atom. The average Bonchev–Trinajstić information content (AvgIpc) is 3.15. The van der Waals surface area contributed by atoms with E-state index in [9.17, 15) is 4.79 Å². The highest BCUT2D eigenvalue weighted by Gasteiger charge is 2.15. The van der Waals surface area contributed by atoms with Crippen molar-refractivity contribution in [1.29, 1.82) is 0 Å². The number of nitrogens with one attached hydrogen (secondary N) is 1. The Balaban J connectivity index is 1.88. The molecule has 3 N–H and O–H groups in total. The molecule has 0 bridgehead atoms. The lowest BCUT2D eigenvalue weighted by atomic mass is 10.0. The van der Waals surface area contributed by atoms with Crippen LogP contribution < -0.4 is 11.1 Å². The molecule has 1 aromatic carbocycles. The first-order valence-corrected chi connectivity index (χ1v) is 7.53. The van der Waals surface area contributed by atoms with Gasteiger partial charge in [0, 0.05) is 30.0 Å². The van der Waals surface area contributed by atoms with Gasteiger partial charge in [-0.15, -0.1) is 0 Å². The van der Waals surface area contributed by atoms with E-state index in [-0.39, 0.29) is 5.56 Å². The van der Waals surface area contributed by atoms with Gasteiger partial charge >= 0.3 is 0 Å². The third-order valence-electron chi connectivity index (χ3n) is 3.84. The minimum absolute atomic E-state index is 0.284. The molecule has 0 radical (unpaired) electrons. The maximum Gasteiger partial charge on any atom is 0.252 e. The van der Waals surface area contributed by atoms with Crippen molar-refractivity contribution >= 4 is 28.3 Å². The molecular formula is C18H13N5O2. The van der Waals surface area contributed by atoms with Crippen LogP contribution in [0.1, 0.15) is 10.4 Å². The predicted molar refractivity (Wildman–Crippen MR) is 93.3 cm³/mol. The van der Waals surface area contributed by atoms with Crippen LogP contribution >= 0.6 is 0 Å². The molecule has 3 aromatic heterocycles. The van der Waals surface area contributed by atoms with Crippen molar-refractivity contribution in [3.8, 4) is 11.1 Å². The molecule has 25 heavy (non-hydrogen) atoms. The smallest absolute Gasteiger partial charge is 0.252 e. The fourth-order valence-electron chi connectivity index (χ4n) is 2.64. The molecule has 0 aliphatic rings. The summed E-state index contributed by atoms with van der Waals surface area (Å²) < 4.78 is 4.83. The molecule has 4 aromatic rings. The molecule has 1 amide bonds. The molecule has 7 heteroatoms. The first kappa shape index (κ1) is 14.8. The number of pyridine rings is 2. The number of rotatable bonds is 4. The van der Waals surface area contributed by atoms with E-state index < -0.39 is 5.91 Å². The largest absolute Gasteiger partial charge is 0.365 e. The average molecular weight is 331 g/mol. The molecule has 0 atom stereocenters. The first-order chi connectivity index (χ1) is 12.2. The molecule has 0 saturated heterocycles. The number of hydrogen-bond acceptors (Lipinski definition) is 6. The minimum atomic E-state index is -0.571. The topological polar surface area (TPSA) is 107 Å². The summed E-state index contributed by atoms with van der Waals surface area (Å²) in [6.07, 6.45) is 6.38. The van der Waals surface area contributed by atoms with Crippen LogP contribution in [0.3, 0.4) is 0 Å². The maximum absolute atomic E-state index is 11.8. The molecule has 122 valence electrons. The van der Waals surface area contributed by atoms with E-state index in [1.54, 1.807) is 18.5 Å². The number of hydrogen-bond donors (Lipinski definition) is 2. The van der Waals surface area contributed by atoms with Crippen molar-refractivity contribution in [2.24, 2.45) is 5.73 Å². The summed E-state index contributed by atoms with van der Waals surface area (Å²) in [6, 6.07) is 11.3. The van der Waals surface area contributed by atoms with Crippen LogP contribution in [0, 0.1) is 0 Å². The van der Waals surface area contributed by atoms with E-state index >= 15 is 0 Å². The van der Waals surface area contributed by atoms with Crippen molar-refractivity contribution in [2.75, 3.05) is 5.32 Å². The second kappa shape index (κ2) is 6.04. The highest BCUT2D eigenvalue weighted by molar-refractivity contribution is 6.07. The number of benzene rings is 1. The first-order valence-electron chi connectivity index (χ1n) is 7.53.